The molecule has 0 aromatic rings. The fourth-order valence-corrected chi connectivity index (χ4v) is 1.12. The van der Waals surface area contributed by atoms with Gasteiger partial charge in [0.1, 0.15) is 4.84 Å². The highest BCUT2D eigenvalue weighted by molar-refractivity contribution is 7.46. The molecule has 0 spiro atoms. The van der Waals surface area contributed by atoms with Gasteiger partial charge in [-0.3, -0.25) is 4.52 Å². The van der Waals surface area contributed by atoms with E-state index in [4.69, 9.17) is 44.6 Å². The number of phosphoric acid groups is 1. The Morgan fingerprint density at radius 3 is 1.80 bits per heavy atom. The van der Waals surface area contributed by atoms with E-state index in [-0.39, 0.29) is 0 Å². The Kier molecular flexibility index (Phi) is 4.52. The molecular weight excluding hydrogens is 225 g/mol. The Morgan fingerprint density at radius 2 is 1.70 bits per heavy atom. The van der Waals surface area contributed by atoms with Gasteiger partial charge in [-0.25, -0.2) is 4.57 Å². The van der Waals surface area contributed by atoms with Crippen LogP contribution in [-0.2, 0) is 9.09 Å². The molecule has 0 bridgehead atoms. The van der Waals surface area contributed by atoms with E-state index in [2.05, 4.69) is 4.52 Å². The number of alkyl halides is 3. The van der Waals surface area contributed by atoms with Crippen molar-refractivity contribution < 1.29 is 18.9 Å². The van der Waals surface area contributed by atoms with Gasteiger partial charge in [-0.1, -0.05) is 11.6 Å². The zero-order valence-corrected chi connectivity index (χ0v) is 7.61. The molecule has 0 aliphatic carbocycles. The van der Waals surface area contributed by atoms with Gasteiger partial charge in [-0.05, 0) is 0 Å². The molecule has 8 heteroatoms. The van der Waals surface area contributed by atoms with E-state index in [1.54, 1.807) is 0 Å². The van der Waals surface area contributed by atoms with E-state index in [0.29, 0.717) is 0 Å². The molecule has 0 saturated carbocycles. The first-order chi connectivity index (χ1) is 4.33. The normalized spacial score (nSPS) is 15.8. The van der Waals surface area contributed by atoms with Crippen LogP contribution < -0.4 is 0 Å². The minimum Gasteiger partial charge on any atom is -0.303 e. The van der Waals surface area contributed by atoms with Crippen LogP contribution in [-0.4, -0.2) is 20.2 Å². The Morgan fingerprint density at radius 1 is 1.30 bits per heavy atom. The van der Waals surface area contributed by atoms with Crippen LogP contribution >= 0.6 is 42.6 Å². The largest absolute Gasteiger partial charge is 0.471 e. The fourth-order valence-electron chi connectivity index (χ4n) is 0.177. The van der Waals surface area contributed by atoms with Crippen molar-refractivity contribution in [3.8, 4) is 0 Å². The lowest BCUT2D eigenvalue weighted by molar-refractivity contribution is 0.185. The van der Waals surface area contributed by atoms with Crippen LogP contribution in [0.4, 0.5) is 0 Å². The highest BCUT2D eigenvalue weighted by atomic mass is 35.5. The molecule has 0 heterocycles. The smallest absolute Gasteiger partial charge is 0.303 e. The van der Waals surface area contributed by atoms with Crippen molar-refractivity contribution in [2.75, 3.05) is 0 Å². The van der Waals surface area contributed by atoms with Gasteiger partial charge in [0.2, 0.25) is 0 Å². The first-order valence-corrected chi connectivity index (χ1v) is 4.83. The van der Waals surface area contributed by atoms with Crippen molar-refractivity contribution in [2.24, 2.45) is 0 Å². The Labute approximate surface area is 72.3 Å². The van der Waals surface area contributed by atoms with Crippen LogP contribution in [0.2, 0.25) is 0 Å². The quantitative estimate of drug-likeness (QED) is 0.568. The average molecular weight is 229 g/mol. The number of halogens is 3. The van der Waals surface area contributed by atoms with Crippen LogP contribution in [0.1, 0.15) is 0 Å². The summed E-state index contributed by atoms with van der Waals surface area (Å²) in [6.07, 6.45) is 0. The lowest BCUT2D eigenvalue weighted by atomic mass is 10.8. The molecule has 1 atom stereocenters. The minimum atomic E-state index is -4.58. The second kappa shape index (κ2) is 4.12. The van der Waals surface area contributed by atoms with E-state index >= 15 is 0 Å². The summed E-state index contributed by atoms with van der Waals surface area (Å²) in [6.45, 7) is 0. The van der Waals surface area contributed by atoms with Crippen molar-refractivity contribution in [1.29, 1.82) is 0 Å². The van der Waals surface area contributed by atoms with Gasteiger partial charge in [-0.2, -0.15) is 0 Å². The zero-order chi connectivity index (χ0) is 8.36. The maximum absolute atomic E-state index is 10.0. The van der Waals surface area contributed by atoms with Gasteiger partial charge in [-0.15, -0.1) is 23.2 Å². The fraction of sp³-hybridized carbons (Fsp3) is 1.00. The number of hydrogen-bond acceptors (Lipinski definition) is 2. The van der Waals surface area contributed by atoms with Gasteiger partial charge in [0.05, 0.1) is 0 Å². The zero-order valence-electron chi connectivity index (χ0n) is 4.45. The lowest BCUT2D eigenvalue weighted by Gasteiger charge is -2.11. The van der Waals surface area contributed by atoms with Gasteiger partial charge < -0.3 is 9.79 Å². The predicted octanol–water partition coefficient (Wildman–Crippen LogP) is 1.46. The number of phosphoric ester groups is 1. The second-order valence-electron chi connectivity index (χ2n) is 1.28. The summed E-state index contributed by atoms with van der Waals surface area (Å²) in [5.74, 6) is 0. The summed E-state index contributed by atoms with van der Waals surface area (Å²) < 4.78 is 13.9. The molecule has 0 aliphatic heterocycles. The summed E-state index contributed by atoms with van der Waals surface area (Å²) in [7, 11) is -4.58. The van der Waals surface area contributed by atoms with Crippen LogP contribution in [0.3, 0.4) is 0 Å². The van der Waals surface area contributed by atoms with E-state index in [1.165, 1.54) is 0 Å². The first-order valence-electron chi connectivity index (χ1n) is 1.99. The van der Waals surface area contributed by atoms with Crippen molar-refractivity contribution in [3.05, 3.63) is 0 Å². The third-order valence-electron chi connectivity index (χ3n) is 0.436. The molecule has 2 N–H and O–H groups in total. The summed E-state index contributed by atoms with van der Waals surface area (Å²) in [5.41, 5.74) is -1.40. The van der Waals surface area contributed by atoms with Crippen LogP contribution in [0.15, 0.2) is 0 Å². The molecule has 0 aromatic carbocycles. The van der Waals surface area contributed by atoms with Gasteiger partial charge in [0.15, 0.2) is 5.56 Å². The molecule has 62 valence electrons. The summed E-state index contributed by atoms with van der Waals surface area (Å²) >= 11 is 15.3. The molecule has 10 heavy (non-hydrogen) atoms. The summed E-state index contributed by atoms with van der Waals surface area (Å²) in [6, 6.07) is 0. The van der Waals surface area contributed by atoms with Crippen LogP contribution in [0, 0.1) is 0 Å². The van der Waals surface area contributed by atoms with E-state index in [9.17, 15) is 4.57 Å². The Bertz CT molecular complexity index is 143. The summed E-state index contributed by atoms with van der Waals surface area (Å²) in [4.78, 5) is 15.1. The molecule has 0 radical (unpaired) electrons. The maximum atomic E-state index is 10.0. The highest BCUT2D eigenvalue weighted by Gasteiger charge is 2.24. The van der Waals surface area contributed by atoms with Crippen molar-refractivity contribution in [1.82, 2.24) is 0 Å². The van der Waals surface area contributed by atoms with Crippen molar-refractivity contribution in [3.63, 3.8) is 0 Å². The minimum absolute atomic E-state index is 1.17. The Balaban J connectivity index is 3.80. The molecular formula is C2H4Cl3O4P. The third kappa shape index (κ3) is 5.74. The molecule has 0 fully saturated rings. The Hall–Kier alpha value is 0.980. The SMILES string of the molecule is O=P(O)(O)OC(Cl)C(Cl)Cl. The molecule has 0 aromatic heterocycles. The number of rotatable bonds is 3. The van der Waals surface area contributed by atoms with E-state index in [0.717, 1.165) is 0 Å². The topological polar surface area (TPSA) is 66.8 Å². The standard InChI is InChI=1S/C2H4Cl3O4P/c3-1(4)2(5)9-10(6,7)8/h1-2H,(H2,6,7,8). The molecule has 1 unspecified atom stereocenters. The van der Waals surface area contributed by atoms with Crippen LogP contribution in [0.5, 0.6) is 0 Å². The average Bonchev–Trinajstić information content (AvgIpc) is 1.60. The highest BCUT2D eigenvalue weighted by Crippen LogP contribution is 2.40. The predicted molar refractivity (Wildman–Crippen MR) is 38.3 cm³/mol. The monoisotopic (exact) mass is 228 g/mol. The molecule has 0 aliphatic rings. The second-order valence-corrected chi connectivity index (χ2v) is 4.07. The number of hydrogen-bond donors (Lipinski definition) is 2. The summed E-state index contributed by atoms with van der Waals surface area (Å²) in [5, 5.41) is 0. The van der Waals surface area contributed by atoms with Gasteiger partial charge in [0, 0.05) is 0 Å². The first kappa shape index (κ1) is 11.0. The van der Waals surface area contributed by atoms with Gasteiger partial charge >= 0.3 is 7.82 Å². The maximum Gasteiger partial charge on any atom is 0.471 e. The van der Waals surface area contributed by atoms with Crippen molar-refractivity contribution in [2.45, 2.75) is 10.4 Å². The molecule has 0 rings (SSSR count). The third-order valence-corrected chi connectivity index (χ3v) is 2.12. The van der Waals surface area contributed by atoms with Crippen LogP contribution in [0.25, 0.3) is 0 Å². The molecule has 0 saturated heterocycles. The van der Waals surface area contributed by atoms with E-state index < -0.39 is 18.2 Å². The molecule has 0 amide bonds. The van der Waals surface area contributed by atoms with Gasteiger partial charge in [0.25, 0.3) is 0 Å². The lowest BCUT2D eigenvalue weighted by Crippen LogP contribution is -2.11. The molecule has 4 nitrogen and oxygen atoms in total. The van der Waals surface area contributed by atoms with Crippen molar-refractivity contribution >= 4 is 42.6 Å². The van der Waals surface area contributed by atoms with E-state index in [1.807, 2.05) is 0 Å².